The molecule has 0 aromatic heterocycles. The number of rotatable bonds is 5. The maximum Gasteiger partial charge on any atom is 0.338 e. The fourth-order valence-electron chi connectivity index (χ4n) is 3.22. The summed E-state index contributed by atoms with van der Waals surface area (Å²) < 4.78 is 4.94. The first-order valence-electron chi connectivity index (χ1n) is 9.75. The SMILES string of the molecule is CCOC(=O)c1ccc(NC(=O)Nc2ccc(N3CCC(C)CC3)cc2)cc1. The molecule has 1 aliphatic rings. The summed E-state index contributed by atoms with van der Waals surface area (Å²) in [4.78, 5) is 26.2. The number of nitrogens with zero attached hydrogens (tertiary/aromatic N) is 1. The molecule has 0 saturated carbocycles. The van der Waals surface area contributed by atoms with E-state index in [0.29, 0.717) is 17.9 Å². The highest BCUT2D eigenvalue weighted by Gasteiger charge is 2.16. The Kier molecular flexibility index (Phi) is 6.53. The summed E-state index contributed by atoms with van der Waals surface area (Å²) >= 11 is 0. The molecule has 0 unspecified atom stereocenters. The Hall–Kier alpha value is -3.02. The summed E-state index contributed by atoms with van der Waals surface area (Å²) in [7, 11) is 0. The van der Waals surface area contributed by atoms with E-state index in [1.807, 2.05) is 24.3 Å². The van der Waals surface area contributed by atoms with Gasteiger partial charge in [-0.2, -0.15) is 0 Å². The summed E-state index contributed by atoms with van der Waals surface area (Å²) in [5.41, 5.74) is 2.97. The van der Waals surface area contributed by atoms with Gasteiger partial charge in [-0.3, -0.25) is 0 Å². The van der Waals surface area contributed by atoms with Gasteiger partial charge in [0.1, 0.15) is 0 Å². The molecule has 0 aliphatic carbocycles. The zero-order chi connectivity index (χ0) is 19.9. The molecule has 2 amide bonds. The van der Waals surface area contributed by atoms with E-state index in [9.17, 15) is 9.59 Å². The minimum atomic E-state index is -0.373. The molecule has 2 N–H and O–H groups in total. The fraction of sp³-hybridized carbons (Fsp3) is 0.364. The van der Waals surface area contributed by atoms with Crippen LogP contribution in [0.2, 0.25) is 0 Å². The van der Waals surface area contributed by atoms with Gasteiger partial charge in [-0.05, 0) is 74.2 Å². The van der Waals surface area contributed by atoms with Crippen LogP contribution in [-0.4, -0.2) is 31.7 Å². The predicted octanol–water partition coefficient (Wildman–Crippen LogP) is 4.74. The molecule has 2 aromatic rings. The Morgan fingerprint density at radius 3 is 2.04 bits per heavy atom. The van der Waals surface area contributed by atoms with Crippen molar-refractivity contribution in [3.05, 3.63) is 54.1 Å². The number of nitrogens with one attached hydrogen (secondary N) is 2. The lowest BCUT2D eigenvalue weighted by atomic mass is 9.99. The molecule has 1 saturated heterocycles. The summed E-state index contributed by atoms with van der Waals surface area (Å²) in [5.74, 6) is 0.425. The Balaban J connectivity index is 1.52. The second-order valence-electron chi connectivity index (χ2n) is 7.09. The maximum atomic E-state index is 12.2. The normalized spacial score (nSPS) is 14.4. The third kappa shape index (κ3) is 5.25. The van der Waals surface area contributed by atoms with Crippen LogP contribution >= 0.6 is 0 Å². The predicted molar refractivity (Wildman–Crippen MR) is 112 cm³/mol. The van der Waals surface area contributed by atoms with Gasteiger partial charge in [0.05, 0.1) is 12.2 Å². The zero-order valence-electron chi connectivity index (χ0n) is 16.4. The first-order chi connectivity index (χ1) is 13.5. The zero-order valence-corrected chi connectivity index (χ0v) is 16.4. The van der Waals surface area contributed by atoms with Crippen molar-refractivity contribution in [2.24, 2.45) is 5.92 Å². The smallest absolute Gasteiger partial charge is 0.338 e. The Morgan fingerprint density at radius 2 is 1.50 bits per heavy atom. The van der Waals surface area contributed by atoms with Crippen LogP contribution < -0.4 is 15.5 Å². The average molecular weight is 381 g/mol. The highest BCUT2D eigenvalue weighted by molar-refractivity contribution is 6.00. The number of carbonyl (C=O) groups is 2. The monoisotopic (exact) mass is 381 g/mol. The average Bonchev–Trinajstić information content (AvgIpc) is 2.70. The molecule has 2 aromatic carbocycles. The molecule has 6 heteroatoms. The third-order valence-corrected chi connectivity index (χ3v) is 4.93. The second kappa shape index (κ2) is 9.26. The van der Waals surface area contributed by atoms with Crippen LogP contribution in [0.3, 0.4) is 0 Å². The van der Waals surface area contributed by atoms with Crippen molar-refractivity contribution >= 4 is 29.1 Å². The van der Waals surface area contributed by atoms with Crippen LogP contribution in [0.1, 0.15) is 37.0 Å². The Bertz CT molecular complexity index is 795. The van der Waals surface area contributed by atoms with E-state index >= 15 is 0 Å². The highest BCUT2D eigenvalue weighted by atomic mass is 16.5. The van der Waals surface area contributed by atoms with Gasteiger partial charge >= 0.3 is 12.0 Å². The van der Waals surface area contributed by atoms with E-state index < -0.39 is 0 Å². The lowest BCUT2D eigenvalue weighted by Gasteiger charge is -2.32. The molecular weight excluding hydrogens is 354 g/mol. The quantitative estimate of drug-likeness (QED) is 0.734. The number of carbonyl (C=O) groups excluding carboxylic acids is 2. The van der Waals surface area contributed by atoms with Crippen LogP contribution in [0, 0.1) is 5.92 Å². The largest absolute Gasteiger partial charge is 0.462 e. The lowest BCUT2D eigenvalue weighted by molar-refractivity contribution is 0.0526. The van der Waals surface area contributed by atoms with Crippen molar-refractivity contribution in [1.29, 1.82) is 0 Å². The molecule has 0 spiro atoms. The minimum Gasteiger partial charge on any atom is -0.462 e. The molecule has 0 atom stereocenters. The van der Waals surface area contributed by atoms with Crippen molar-refractivity contribution in [1.82, 2.24) is 0 Å². The Labute approximate surface area is 165 Å². The first-order valence-corrected chi connectivity index (χ1v) is 9.75. The van der Waals surface area contributed by atoms with E-state index in [0.717, 1.165) is 24.7 Å². The van der Waals surface area contributed by atoms with Gasteiger partial charge in [0.2, 0.25) is 0 Å². The van der Waals surface area contributed by atoms with Gasteiger partial charge in [0.15, 0.2) is 0 Å². The number of urea groups is 1. The molecular formula is C22H27N3O3. The standard InChI is InChI=1S/C22H27N3O3/c1-3-28-21(26)17-4-6-18(7-5-17)23-22(27)24-19-8-10-20(11-9-19)25-14-12-16(2)13-15-25/h4-11,16H,3,12-15H2,1-2H3,(H2,23,24,27). The maximum absolute atomic E-state index is 12.2. The number of ether oxygens (including phenoxy) is 1. The van der Waals surface area contributed by atoms with Crippen molar-refractivity contribution in [2.45, 2.75) is 26.7 Å². The van der Waals surface area contributed by atoms with Crippen LogP contribution in [0.15, 0.2) is 48.5 Å². The van der Waals surface area contributed by atoms with Gasteiger partial charge < -0.3 is 20.3 Å². The van der Waals surface area contributed by atoms with Gasteiger partial charge in [-0.25, -0.2) is 9.59 Å². The van der Waals surface area contributed by atoms with E-state index in [-0.39, 0.29) is 12.0 Å². The molecule has 3 rings (SSSR count). The van der Waals surface area contributed by atoms with Gasteiger partial charge in [0, 0.05) is 30.2 Å². The third-order valence-electron chi connectivity index (χ3n) is 4.93. The molecule has 1 aliphatic heterocycles. The number of amides is 2. The number of piperidine rings is 1. The summed E-state index contributed by atoms with van der Waals surface area (Å²) in [6.07, 6.45) is 2.44. The van der Waals surface area contributed by atoms with E-state index in [4.69, 9.17) is 4.74 Å². The molecule has 28 heavy (non-hydrogen) atoms. The van der Waals surface area contributed by atoms with Gasteiger partial charge in [-0.15, -0.1) is 0 Å². The summed E-state index contributed by atoms with van der Waals surface area (Å²) in [6.45, 7) is 6.55. The van der Waals surface area contributed by atoms with Crippen LogP contribution in [-0.2, 0) is 4.74 Å². The summed E-state index contributed by atoms with van der Waals surface area (Å²) in [6, 6.07) is 14.2. The highest BCUT2D eigenvalue weighted by Crippen LogP contribution is 2.24. The molecule has 6 nitrogen and oxygen atoms in total. The van der Waals surface area contributed by atoms with E-state index in [1.165, 1.54) is 18.5 Å². The van der Waals surface area contributed by atoms with Crippen molar-refractivity contribution in [3.8, 4) is 0 Å². The van der Waals surface area contributed by atoms with E-state index in [2.05, 4.69) is 22.5 Å². The first kappa shape index (κ1) is 19.7. The Morgan fingerprint density at radius 1 is 0.964 bits per heavy atom. The van der Waals surface area contributed by atoms with Crippen LogP contribution in [0.25, 0.3) is 0 Å². The minimum absolute atomic E-state index is 0.330. The number of hydrogen-bond donors (Lipinski definition) is 2. The fourth-order valence-corrected chi connectivity index (χ4v) is 3.22. The molecule has 148 valence electrons. The molecule has 1 fully saturated rings. The molecule has 1 heterocycles. The number of benzene rings is 2. The molecule has 0 radical (unpaired) electrons. The second-order valence-corrected chi connectivity index (χ2v) is 7.09. The topological polar surface area (TPSA) is 70.7 Å². The lowest BCUT2D eigenvalue weighted by Crippen LogP contribution is -2.32. The van der Waals surface area contributed by atoms with Crippen molar-refractivity contribution in [2.75, 3.05) is 35.2 Å². The number of hydrogen-bond acceptors (Lipinski definition) is 4. The summed E-state index contributed by atoms with van der Waals surface area (Å²) in [5, 5.41) is 5.58. The van der Waals surface area contributed by atoms with E-state index in [1.54, 1.807) is 31.2 Å². The van der Waals surface area contributed by atoms with Crippen LogP contribution in [0.5, 0.6) is 0 Å². The van der Waals surface area contributed by atoms with Gasteiger partial charge in [-0.1, -0.05) is 6.92 Å². The van der Waals surface area contributed by atoms with Gasteiger partial charge in [0.25, 0.3) is 0 Å². The van der Waals surface area contributed by atoms with Crippen molar-refractivity contribution < 1.29 is 14.3 Å². The van der Waals surface area contributed by atoms with Crippen LogP contribution in [0.4, 0.5) is 21.9 Å². The number of anilines is 3. The molecule has 0 bridgehead atoms. The van der Waals surface area contributed by atoms with Crippen molar-refractivity contribution in [3.63, 3.8) is 0 Å². The number of esters is 1.